The zero-order valence-electron chi connectivity index (χ0n) is 17.3. The number of nitrogens with zero attached hydrogens (tertiary/aromatic N) is 4. The minimum absolute atomic E-state index is 0.0872. The number of allylic oxidation sites excluding steroid dienone is 2. The highest BCUT2D eigenvalue weighted by atomic mass is 16.5. The molecule has 0 unspecified atom stereocenters. The van der Waals surface area contributed by atoms with Crippen molar-refractivity contribution in [3.05, 3.63) is 59.7 Å². The van der Waals surface area contributed by atoms with Gasteiger partial charge < -0.3 is 14.4 Å². The standard InChI is InChI=1S/C24H24N4O2/c1-3-4-13-28(22-9-11-23(12-10-22)30-15-14-29-2)21-7-5-19(6-8-21)24(18-27)20(16-25)17-26/h5-12H,3-4,13-15H2,1-2H3. The molecule has 0 heterocycles. The Kier molecular flexibility index (Phi) is 8.94. The quantitative estimate of drug-likeness (QED) is 0.413. The van der Waals surface area contributed by atoms with Crippen molar-refractivity contribution in [2.45, 2.75) is 19.8 Å². The second kappa shape index (κ2) is 11.9. The summed E-state index contributed by atoms with van der Waals surface area (Å²) in [5.74, 6) is 0.783. The molecule has 2 rings (SSSR count). The lowest BCUT2D eigenvalue weighted by atomic mass is 10.0. The maximum absolute atomic E-state index is 9.35. The first kappa shape index (κ1) is 22.5. The van der Waals surface area contributed by atoms with Gasteiger partial charge in [0.2, 0.25) is 0 Å². The molecule has 0 saturated carbocycles. The minimum Gasteiger partial charge on any atom is -0.491 e. The van der Waals surface area contributed by atoms with Crippen LogP contribution in [-0.4, -0.2) is 26.9 Å². The molecule has 0 N–H and O–H groups in total. The Balaban J connectivity index is 2.30. The molecule has 0 aromatic heterocycles. The average molecular weight is 400 g/mol. The van der Waals surface area contributed by atoms with Crippen LogP contribution in [-0.2, 0) is 4.74 Å². The van der Waals surface area contributed by atoms with Crippen LogP contribution in [0.15, 0.2) is 54.1 Å². The van der Waals surface area contributed by atoms with Crippen molar-refractivity contribution in [3.8, 4) is 24.0 Å². The first-order valence-corrected chi connectivity index (χ1v) is 9.72. The second-order valence-corrected chi connectivity index (χ2v) is 6.47. The molecule has 0 spiro atoms. The van der Waals surface area contributed by atoms with Gasteiger partial charge in [0.05, 0.1) is 12.2 Å². The van der Waals surface area contributed by atoms with E-state index < -0.39 is 0 Å². The van der Waals surface area contributed by atoms with E-state index in [2.05, 4.69) is 11.8 Å². The molecular weight excluding hydrogens is 376 g/mol. The monoisotopic (exact) mass is 400 g/mol. The fourth-order valence-corrected chi connectivity index (χ4v) is 2.90. The van der Waals surface area contributed by atoms with Gasteiger partial charge in [-0.3, -0.25) is 0 Å². The second-order valence-electron chi connectivity index (χ2n) is 6.47. The molecule has 2 aromatic rings. The third-order valence-electron chi connectivity index (χ3n) is 4.49. The van der Waals surface area contributed by atoms with Gasteiger partial charge in [0, 0.05) is 25.0 Å². The van der Waals surface area contributed by atoms with E-state index >= 15 is 0 Å². The van der Waals surface area contributed by atoms with Gasteiger partial charge in [0.15, 0.2) is 0 Å². The number of anilines is 2. The van der Waals surface area contributed by atoms with Crippen LogP contribution >= 0.6 is 0 Å². The largest absolute Gasteiger partial charge is 0.491 e. The van der Waals surface area contributed by atoms with Gasteiger partial charge >= 0.3 is 0 Å². The first-order chi connectivity index (χ1) is 14.7. The maximum atomic E-state index is 9.35. The van der Waals surface area contributed by atoms with Crippen molar-refractivity contribution < 1.29 is 9.47 Å². The van der Waals surface area contributed by atoms with E-state index in [-0.39, 0.29) is 11.1 Å². The lowest BCUT2D eigenvalue weighted by Gasteiger charge is -2.25. The highest BCUT2D eigenvalue weighted by Crippen LogP contribution is 2.29. The van der Waals surface area contributed by atoms with E-state index in [0.29, 0.717) is 18.8 Å². The number of methoxy groups -OCH3 is 1. The highest BCUT2D eigenvalue weighted by molar-refractivity contribution is 5.85. The molecule has 0 bridgehead atoms. The Morgan fingerprint density at radius 1 is 0.867 bits per heavy atom. The van der Waals surface area contributed by atoms with Crippen molar-refractivity contribution in [1.29, 1.82) is 15.8 Å². The van der Waals surface area contributed by atoms with Gasteiger partial charge in [0.25, 0.3) is 0 Å². The van der Waals surface area contributed by atoms with E-state index in [1.54, 1.807) is 31.4 Å². The Labute approximate surface area is 177 Å². The maximum Gasteiger partial charge on any atom is 0.148 e. The van der Waals surface area contributed by atoms with Crippen LogP contribution in [0.25, 0.3) is 5.57 Å². The molecular formula is C24H24N4O2. The minimum atomic E-state index is -0.183. The molecule has 0 aliphatic carbocycles. The molecule has 0 atom stereocenters. The van der Waals surface area contributed by atoms with Crippen molar-refractivity contribution in [3.63, 3.8) is 0 Å². The number of unbranched alkanes of at least 4 members (excludes halogenated alkanes) is 1. The smallest absolute Gasteiger partial charge is 0.148 e. The van der Waals surface area contributed by atoms with E-state index in [1.807, 2.05) is 42.5 Å². The summed E-state index contributed by atoms with van der Waals surface area (Å²) in [7, 11) is 1.64. The molecule has 0 fully saturated rings. The summed E-state index contributed by atoms with van der Waals surface area (Å²) in [6.07, 6.45) is 2.08. The van der Waals surface area contributed by atoms with Crippen LogP contribution in [0.5, 0.6) is 5.75 Å². The molecule has 2 aromatic carbocycles. The molecule has 152 valence electrons. The summed E-state index contributed by atoms with van der Waals surface area (Å²) >= 11 is 0. The van der Waals surface area contributed by atoms with Gasteiger partial charge in [-0.05, 0) is 48.4 Å². The normalized spacial score (nSPS) is 9.70. The third kappa shape index (κ3) is 5.85. The Hall–Kier alpha value is -3.79. The highest BCUT2D eigenvalue weighted by Gasteiger charge is 2.12. The van der Waals surface area contributed by atoms with Crippen molar-refractivity contribution in [2.24, 2.45) is 0 Å². The average Bonchev–Trinajstić information content (AvgIpc) is 2.79. The molecule has 0 aliphatic rings. The Morgan fingerprint density at radius 2 is 1.47 bits per heavy atom. The predicted molar refractivity (Wildman–Crippen MR) is 116 cm³/mol. The fourth-order valence-electron chi connectivity index (χ4n) is 2.90. The van der Waals surface area contributed by atoms with E-state index in [4.69, 9.17) is 20.0 Å². The summed E-state index contributed by atoms with van der Waals surface area (Å²) in [5, 5.41) is 27.5. The molecule has 0 aliphatic heterocycles. The molecule has 6 heteroatoms. The van der Waals surface area contributed by atoms with Crippen LogP contribution in [0.2, 0.25) is 0 Å². The van der Waals surface area contributed by atoms with Crippen molar-refractivity contribution in [2.75, 3.05) is 31.8 Å². The zero-order chi connectivity index (χ0) is 21.8. The van der Waals surface area contributed by atoms with Gasteiger partial charge in [-0.15, -0.1) is 0 Å². The van der Waals surface area contributed by atoms with E-state index in [9.17, 15) is 5.26 Å². The zero-order valence-corrected chi connectivity index (χ0v) is 17.3. The third-order valence-corrected chi connectivity index (χ3v) is 4.49. The number of nitriles is 3. The predicted octanol–water partition coefficient (Wildman–Crippen LogP) is 4.97. The van der Waals surface area contributed by atoms with Crippen LogP contribution in [0.4, 0.5) is 11.4 Å². The number of rotatable bonds is 10. The summed E-state index contributed by atoms with van der Waals surface area (Å²) in [5.41, 5.74) is 2.45. The van der Waals surface area contributed by atoms with E-state index in [1.165, 1.54) is 0 Å². The van der Waals surface area contributed by atoms with Crippen LogP contribution in [0, 0.1) is 34.0 Å². The SMILES string of the molecule is CCCCN(c1ccc(OCCOC)cc1)c1ccc(C(C#N)=C(C#N)C#N)cc1. The molecule has 0 saturated heterocycles. The fraction of sp³-hybridized carbons (Fsp3) is 0.292. The number of hydrogen-bond donors (Lipinski definition) is 0. The van der Waals surface area contributed by atoms with Crippen LogP contribution < -0.4 is 9.64 Å². The lowest BCUT2D eigenvalue weighted by Crippen LogP contribution is -2.18. The van der Waals surface area contributed by atoms with E-state index in [0.717, 1.165) is 36.5 Å². The van der Waals surface area contributed by atoms with Gasteiger partial charge in [-0.25, -0.2) is 0 Å². The molecule has 6 nitrogen and oxygen atoms in total. The van der Waals surface area contributed by atoms with Crippen LogP contribution in [0.3, 0.4) is 0 Å². The lowest BCUT2D eigenvalue weighted by molar-refractivity contribution is 0.146. The van der Waals surface area contributed by atoms with Gasteiger partial charge in [-0.1, -0.05) is 25.5 Å². The van der Waals surface area contributed by atoms with Crippen molar-refractivity contribution >= 4 is 16.9 Å². The summed E-state index contributed by atoms with van der Waals surface area (Å²) in [6.45, 7) is 4.01. The van der Waals surface area contributed by atoms with Gasteiger partial charge in [0.1, 0.15) is 36.1 Å². The summed E-state index contributed by atoms with van der Waals surface area (Å²) in [4.78, 5) is 2.19. The van der Waals surface area contributed by atoms with Crippen molar-refractivity contribution in [1.82, 2.24) is 0 Å². The number of ether oxygens (including phenoxy) is 2. The summed E-state index contributed by atoms with van der Waals surface area (Å²) in [6, 6.07) is 20.7. The van der Waals surface area contributed by atoms with Crippen LogP contribution in [0.1, 0.15) is 25.3 Å². The Bertz CT molecular complexity index is 958. The first-order valence-electron chi connectivity index (χ1n) is 9.72. The Morgan fingerprint density at radius 3 is 1.97 bits per heavy atom. The molecule has 30 heavy (non-hydrogen) atoms. The molecule has 0 amide bonds. The summed E-state index contributed by atoms with van der Waals surface area (Å²) < 4.78 is 10.6. The van der Waals surface area contributed by atoms with Gasteiger partial charge in [-0.2, -0.15) is 15.8 Å². The molecule has 0 radical (unpaired) electrons. The topological polar surface area (TPSA) is 93.1 Å². The number of hydrogen-bond acceptors (Lipinski definition) is 6. The number of benzene rings is 2.